The summed E-state index contributed by atoms with van der Waals surface area (Å²) >= 11 is 0. The lowest BCUT2D eigenvalue weighted by Crippen LogP contribution is -2.26. The van der Waals surface area contributed by atoms with Gasteiger partial charge in [-0.2, -0.15) is 0 Å². The predicted octanol–water partition coefficient (Wildman–Crippen LogP) is 1.13. The molecule has 1 aliphatic heterocycles. The number of aliphatic hydroxyl groups is 1. The number of hydrogen-bond donors (Lipinski definition) is 1. The zero-order valence-corrected chi connectivity index (χ0v) is 8.56. The minimum Gasteiger partial charge on any atom is -0.474 e. The Kier molecular flexibility index (Phi) is 3.53. The highest BCUT2D eigenvalue weighted by molar-refractivity contribution is 5.17. The summed E-state index contributed by atoms with van der Waals surface area (Å²) in [6.45, 7) is 1.54. The maximum absolute atomic E-state index is 8.85. The molecule has 1 aliphatic rings. The van der Waals surface area contributed by atoms with Crippen LogP contribution >= 0.6 is 0 Å². The lowest BCUT2D eigenvalue weighted by atomic mass is 10.1. The second-order valence-corrected chi connectivity index (χ2v) is 3.59. The Balaban J connectivity index is 1.91. The molecule has 15 heavy (non-hydrogen) atoms. The van der Waals surface area contributed by atoms with Gasteiger partial charge in [0.15, 0.2) is 0 Å². The Labute approximate surface area is 88.9 Å². The molecule has 4 nitrogen and oxygen atoms in total. The van der Waals surface area contributed by atoms with E-state index in [2.05, 4.69) is 4.98 Å². The van der Waals surface area contributed by atoms with Gasteiger partial charge in [0.25, 0.3) is 0 Å². The molecule has 1 N–H and O–H groups in total. The summed E-state index contributed by atoms with van der Waals surface area (Å²) in [6.07, 6.45) is 3.69. The van der Waals surface area contributed by atoms with Crippen molar-refractivity contribution in [3.05, 3.63) is 23.9 Å². The van der Waals surface area contributed by atoms with Gasteiger partial charge in [-0.25, -0.2) is 4.98 Å². The van der Waals surface area contributed by atoms with E-state index in [4.69, 9.17) is 14.6 Å². The molecule has 0 aromatic carbocycles. The average molecular weight is 209 g/mol. The molecule has 82 valence electrons. The van der Waals surface area contributed by atoms with E-state index < -0.39 is 0 Å². The summed E-state index contributed by atoms with van der Waals surface area (Å²) in [4.78, 5) is 4.12. The molecule has 0 saturated carbocycles. The number of pyridine rings is 1. The van der Waals surface area contributed by atoms with E-state index in [1.807, 2.05) is 6.07 Å². The number of hydrogen-bond acceptors (Lipinski definition) is 4. The van der Waals surface area contributed by atoms with E-state index in [9.17, 15) is 0 Å². The van der Waals surface area contributed by atoms with Crippen molar-refractivity contribution in [3.8, 4) is 5.88 Å². The topological polar surface area (TPSA) is 51.6 Å². The largest absolute Gasteiger partial charge is 0.474 e. The number of aromatic nitrogens is 1. The molecule has 1 fully saturated rings. The van der Waals surface area contributed by atoms with Crippen molar-refractivity contribution in [1.29, 1.82) is 0 Å². The first kappa shape index (κ1) is 10.4. The molecule has 0 spiro atoms. The third kappa shape index (κ3) is 2.91. The molecule has 2 rings (SSSR count). The molecular weight excluding hydrogens is 194 g/mol. The van der Waals surface area contributed by atoms with Gasteiger partial charge in [-0.05, 0) is 11.6 Å². The number of ether oxygens (including phenoxy) is 2. The Morgan fingerprint density at radius 2 is 2.20 bits per heavy atom. The molecule has 0 aliphatic carbocycles. The maximum atomic E-state index is 8.85. The Hall–Kier alpha value is -1.13. The van der Waals surface area contributed by atoms with Crippen LogP contribution in [0.5, 0.6) is 5.88 Å². The molecule has 1 aromatic heterocycles. The van der Waals surface area contributed by atoms with Crippen molar-refractivity contribution < 1.29 is 14.6 Å². The summed E-state index contributed by atoms with van der Waals surface area (Å²) in [6, 6.07) is 3.61. The fourth-order valence-electron chi connectivity index (χ4n) is 1.54. The van der Waals surface area contributed by atoms with Crippen molar-refractivity contribution in [1.82, 2.24) is 4.98 Å². The number of rotatable bonds is 3. The highest BCUT2D eigenvalue weighted by atomic mass is 16.5. The van der Waals surface area contributed by atoms with E-state index in [0.29, 0.717) is 5.88 Å². The SMILES string of the molecule is OCc1ccc(OC2CCOCC2)nc1. The summed E-state index contributed by atoms with van der Waals surface area (Å²) in [5.41, 5.74) is 0.800. The molecule has 0 unspecified atom stereocenters. The lowest BCUT2D eigenvalue weighted by molar-refractivity contribution is 0.0237. The van der Waals surface area contributed by atoms with Crippen molar-refractivity contribution in [2.45, 2.75) is 25.6 Å². The second-order valence-electron chi connectivity index (χ2n) is 3.59. The van der Waals surface area contributed by atoms with Gasteiger partial charge in [0, 0.05) is 25.1 Å². The molecule has 4 heteroatoms. The standard InChI is InChI=1S/C11H15NO3/c13-8-9-1-2-11(12-7-9)15-10-3-5-14-6-4-10/h1-2,7,10,13H,3-6,8H2. The Bertz CT molecular complexity index is 293. The Morgan fingerprint density at radius 3 is 2.80 bits per heavy atom. The third-order valence-electron chi connectivity index (χ3n) is 2.44. The monoisotopic (exact) mass is 209 g/mol. The quantitative estimate of drug-likeness (QED) is 0.810. The van der Waals surface area contributed by atoms with Crippen LogP contribution in [0.3, 0.4) is 0 Å². The average Bonchev–Trinajstić information content (AvgIpc) is 2.31. The van der Waals surface area contributed by atoms with Crippen LogP contribution in [-0.2, 0) is 11.3 Å². The van der Waals surface area contributed by atoms with Gasteiger partial charge >= 0.3 is 0 Å². The van der Waals surface area contributed by atoms with Gasteiger partial charge in [0.1, 0.15) is 6.10 Å². The summed E-state index contributed by atoms with van der Waals surface area (Å²) in [7, 11) is 0. The van der Waals surface area contributed by atoms with Gasteiger partial charge in [0.05, 0.1) is 19.8 Å². The molecule has 0 radical (unpaired) electrons. The van der Waals surface area contributed by atoms with E-state index in [-0.39, 0.29) is 12.7 Å². The lowest BCUT2D eigenvalue weighted by Gasteiger charge is -2.22. The first-order valence-corrected chi connectivity index (χ1v) is 5.18. The zero-order valence-electron chi connectivity index (χ0n) is 8.56. The van der Waals surface area contributed by atoms with Crippen molar-refractivity contribution in [3.63, 3.8) is 0 Å². The molecule has 0 atom stereocenters. The Morgan fingerprint density at radius 1 is 1.40 bits per heavy atom. The van der Waals surface area contributed by atoms with Crippen LogP contribution in [-0.4, -0.2) is 29.4 Å². The van der Waals surface area contributed by atoms with E-state index in [1.165, 1.54) is 0 Å². The third-order valence-corrected chi connectivity index (χ3v) is 2.44. The van der Waals surface area contributed by atoms with E-state index in [1.54, 1.807) is 12.3 Å². The predicted molar refractivity (Wildman–Crippen MR) is 54.6 cm³/mol. The maximum Gasteiger partial charge on any atom is 0.213 e. The minimum absolute atomic E-state index is 0.0184. The summed E-state index contributed by atoms with van der Waals surface area (Å²) < 4.78 is 10.9. The fourth-order valence-corrected chi connectivity index (χ4v) is 1.54. The zero-order chi connectivity index (χ0) is 10.5. The van der Waals surface area contributed by atoms with Crippen LogP contribution in [0.25, 0.3) is 0 Å². The fraction of sp³-hybridized carbons (Fsp3) is 0.545. The van der Waals surface area contributed by atoms with Crippen molar-refractivity contribution in [2.75, 3.05) is 13.2 Å². The minimum atomic E-state index is 0.0184. The highest BCUT2D eigenvalue weighted by Crippen LogP contribution is 2.15. The van der Waals surface area contributed by atoms with Crippen LogP contribution in [0.1, 0.15) is 18.4 Å². The van der Waals surface area contributed by atoms with Gasteiger partial charge in [-0.1, -0.05) is 0 Å². The first-order chi connectivity index (χ1) is 7.38. The van der Waals surface area contributed by atoms with Gasteiger partial charge in [-0.3, -0.25) is 0 Å². The smallest absolute Gasteiger partial charge is 0.213 e. The molecule has 0 amide bonds. The highest BCUT2D eigenvalue weighted by Gasteiger charge is 2.15. The van der Waals surface area contributed by atoms with Crippen molar-refractivity contribution in [2.24, 2.45) is 0 Å². The summed E-state index contributed by atoms with van der Waals surface area (Å²) in [5, 5.41) is 8.85. The van der Waals surface area contributed by atoms with Gasteiger partial charge in [-0.15, -0.1) is 0 Å². The van der Waals surface area contributed by atoms with E-state index in [0.717, 1.165) is 31.6 Å². The van der Waals surface area contributed by atoms with Crippen molar-refractivity contribution >= 4 is 0 Å². The van der Waals surface area contributed by atoms with E-state index >= 15 is 0 Å². The number of nitrogens with zero attached hydrogens (tertiary/aromatic N) is 1. The van der Waals surface area contributed by atoms with Crippen LogP contribution in [0.4, 0.5) is 0 Å². The molecule has 0 bridgehead atoms. The van der Waals surface area contributed by atoms with Crippen LogP contribution in [0, 0.1) is 0 Å². The summed E-state index contributed by atoms with van der Waals surface area (Å²) in [5.74, 6) is 0.624. The normalized spacial score (nSPS) is 17.7. The number of aliphatic hydroxyl groups excluding tert-OH is 1. The van der Waals surface area contributed by atoms with Crippen LogP contribution < -0.4 is 4.74 Å². The molecular formula is C11H15NO3. The van der Waals surface area contributed by atoms with Crippen LogP contribution in [0.15, 0.2) is 18.3 Å². The molecule has 2 heterocycles. The van der Waals surface area contributed by atoms with Gasteiger partial charge in [0.2, 0.25) is 5.88 Å². The molecule has 1 saturated heterocycles. The van der Waals surface area contributed by atoms with Crippen LogP contribution in [0.2, 0.25) is 0 Å². The molecule has 1 aromatic rings. The second kappa shape index (κ2) is 5.09. The first-order valence-electron chi connectivity index (χ1n) is 5.18. The van der Waals surface area contributed by atoms with Gasteiger partial charge < -0.3 is 14.6 Å².